The van der Waals surface area contributed by atoms with Gasteiger partial charge in [0.1, 0.15) is 0 Å². The fraction of sp³-hybridized carbons (Fsp3) is 0.375. The van der Waals surface area contributed by atoms with Crippen molar-refractivity contribution in [3.8, 4) is 11.5 Å². The normalized spacial score (nSPS) is 10.0. The third kappa shape index (κ3) is 5.58. The maximum atomic E-state index is 5.63. The second-order valence-corrected chi connectivity index (χ2v) is 5.36. The smallest absolute Gasteiger partial charge is 0.161 e. The molecule has 2 rings (SSSR count). The van der Waals surface area contributed by atoms with E-state index in [1.165, 1.54) is 10.4 Å². The molecule has 1 N–H and O–H groups in total. The molecular formula is C16H21ClNO2S-. The fourth-order valence-electron chi connectivity index (χ4n) is 1.95. The monoisotopic (exact) mass is 326 g/mol. The number of rotatable bonds is 8. The Kier molecular flexibility index (Phi) is 8.20. The lowest BCUT2D eigenvalue weighted by Crippen LogP contribution is -3.00. The molecule has 2 aromatic rings. The minimum absolute atomic E-state index is 0. The van der Waals surface area contributed by atoms with Gasteiger partial charge < -0.3 is 27.2 Å². The maximum Gasteiger partial charge on any atom is 0.161 e. The second kappa shape index (κ2) is 9.66. The van der Waals surface area contributed by atoms with Gasteiger partial charge in [-0.1, -0.05) is 12.1 Å². The van der Waals surface area contributed by atoms with E-state index in [1.54, 1.807) is 11.3 Å². The number of ether oxygens (including phenoxy) is 2. The van der Waals surface area contributed by atoms with Gasteiger partial charge in [-0.25, -0.2) is 0 Å². The van der Waals surface area contributed by atoms with E-state index in [1.807, 2.05) is 19.9 Å². The molecule has 0 aliphatic heterocycles. The molecule has 0 atom stereocenters. The van der Waals surface area contributed by atoms with E-state index in [-0.39, 0.29) is 12.4 Å². The van der Waals surface area contributed by atoms with Crippen LogP contribution in [0.15, 0.2) is 35.7 Å². The summed E-state index contributed by atoms with van der Waals surface area (Å²) in [5.41, 5.74) is 1.20. The van der Waals surface area contributed by atoms with Crippen molar-refractivity contribution in [2.45, 2.75) is 26.9 Å². The van der Waals surface area contributed by atoms with Gasteiger partial charge in [0.2, 0.25) is 0 Å². The minimum atomic E-state index is 0. The van der Waals surface area contributed by atoms with Crippen molar-refractivity contribution in [3.63, 3.8) is 0 Å². The number of hydrogen-bond donors (Lipinski definition) is 1. The number of nitrogens with one attached hydrogen (secondary N) is 1. The summed E-state index contributed by atoms with van der Waals surface area (Å²) in [5, 5.41) is 5.54. The topological polar surface area (TPSA) is 30.5 Å². The van der Waals surface area contributed by atoms with Gasteiger partial charge in [0, 0.05) is 18.0 Å². The third-order valence-corrected chi connectivity index (χ3v) is 3.69. The molecule has 5 heteroatoms. The van der Waals surface area contributed by atoms with Crippen LogP contribution in [-0.2, 0) is 13.1 Å². The Morgan fingerprint density at radius 1 is 1.00 bits per heavy atom. The zero-order chi connectivity index (χ0) is 14.2. The summed E-state index contributed by atoms with van der Waals surface area (Å²) in [4.78, 5) is 1.35. The lowest BCUT2D eigenvalue weighted by atomic mass is 10.2. The molecule has 0 amide bonds. The number of thiophene rings is 1. The van der Waals surface area contributed by atoms with Gasteiger partial charge >= 0.3 is 0 Å². The predicted octanol–water partition coefficient (Wildman–Crippen LogP) is 0.839. The molecule has 0 saturated heterocycles. The molecule has 0 fully saturated rings. The first-order valence-electron chi connectivity index (χ1n) is 6.95. The van der Waals surface area contributed by atoms with Crippen molar-refractivity contribution in [2.24, 2.45) is 0 Å². The van der Waals surface area contributed by atoms with Gasteiger partial charge in [0.15, 0.2) is 11.5 Å². The molecule has 0 aliphatic rings. The number of halogens is 1. The summed E-state index contributed by atoms with van der Waals surface area (Å²) < 4.78 is 11.2. The van der Waals surface area contributed by atoms with Crippen molar-refractivity contribution in [2.75, 3.05) is 13.2 Å². The molecular weight excluding hydrogens is 306 g/mol. The number of hydrogen-bond acceptors (Lipinski definition) is 4. The van der Waals surface area contributed by atoms with E-state index in [9.17, 15) is 0 Å². The number of benzene rings is 1. The van der Waals surface area contributed by atoms with Crippen LogP contribution in [0.2, 0.25) is 0 Å². The van der Waals surface area contributed by atoms with Crippen molar-refractivity contribution >= 4 is 11.3 Å². The van der Waals surface area contributed by atoms with Crippen LogP contribution >= 0.6 is 11.3 Å². The summed E-state index contributed by atoms with van der Waals surface area (Å²) in [5.74, 6) is 1.64. The summed E-state index contributed by atoms with van der Waals surface area (Å²) in [6.07, 6.45) is 0. The van der Waals surface area contributed by atoms with Crippen LogP contribution in [0.25, 0.3) is 0 Å². The van der Waals surface area contributed by atoms with E-state index in [2.05, 4.69) is 35.0 Å². The second-order valence-electron chi connectivity index (χ2n) is 4.33. The van der Waals surface area contributed by atoms with Crippen molar-refractivity contribution in [3.05, 3.63) is 46.2 Å². The van der Waals surface area contributed by atoms with Crippen molar-refractivity contribution < 1.29 is 21.9 Å². The summed E-state index contributed by atoms with van der Waals surface area (Å²) in [6.45, 7) is 6.98. The van der Waals surface area contributed by atoms with E-state index >= 15 is 0 Å². The van der Waals surface area contributed by atoms with Gasteiger partial charge in [0.25, 0.3) is 0 Å². The molecule has 0 spiro atoms. The fourth-order valence-corrected chi connectivity index (χ4v) is 2.62. The van der Waals surface area contributed by atoms with Gasteiger partial charge in [-0.3, -0.25) is 0 Å². The molecule has 0 aliphatic carbocycles. The SMILES string of the molecule is CCOc1ccc(CNCc2cccs2)cc1OCC.[Cl-]. The Balaban J connectivity index is 0.00000220. The van der Waals surface area contributed by atoms with Crippen molar-refractivity contribution in [1.29, 1.82) is 0 Å². The first-order chi connectivity index (χ1) is 9.83. The molecule has 0 unspecified atom stereocenters. The average Bonchev–Trinajstić information content (AvgIpc) is 2.95. The Labute approximate surface area is 136 Å². The van der Waals surface area contributed by atoms with Gasteiger partial charge in [-0.05, 0) is 43.0 Å². The summed E-state index contributed by atoms with van der Waals surface area (Å²) in [6, 6.07) is 10.3. The minimum Gasteiger partial charge on any atom is -1.00 e. The first-order valence-corrected chi connectivity index (χ1v) is 7.83. The highest BCUT2D eigenvalue weighted by Gasteiger charge is 2.06. The molecule has 1 aromatic heterocycles. The van der Waals surface area contributed by atoms with E-state index in [4.69, 9.17) is 9.47 Å². The molecule has 116 valence electrons. The maximum absolute atomic E-state index is 5.63. The van der Waals surface area contributed by atoms with Gasteiger partial charge in [-0.2, -0.15) is 0 Å². The van der Waals surface area contributed by atoms with E-state index in [0.29, 0.717) is 13.2 Å². The molecule has 21 heavy (non-hydrogen) atoms. The van der Waals surface area contributed by atoms with Crippen LogP contribution in [0.1, 0.15) is 24.3 Å². The lowest BCUT2D eigenvalue weighted by Gasteiger charge is -2.12. The molecule has 0 bridgehead atoms. The lowest BCUT2D eigenvalue weighted by molar-refractivity contribution is -0.00000503. The molecule has 0 radical (unpaired) electrons. The van der Waals surface area contributed by atoms with Crippen LogP contribution < -0.4 is 27.2 Å². The highest BCUT2D eigenvalue weighted by atomic mass is 35.5. The Morgan fingerprint density at radius 2 is 1.76 bits per heavy atom. The Morgan fingerprint density at radius 3 is 2.43 bits per heavy atom. The third-order valence-electron chi connectivity index (χ3n) is 2.82. The summed E-state index contributed by atoms with van der Waals surface area (Å²) >= 11 is 1.77. The van der Waals surface area contributed by atoms with E-state index < -0.39 is 0 Å². The zero-order valence-electron chi connectivity index (χ0n) is 12.4. The van der Waals surface area contributed by atoms with Crippen LogP contribution in [0, 0.1) is 0 Å². The highest BCUT2D eigenvalue weighted by molar-refractivity contribution is 7.09. The van der Waals surface area contributed by atoms with E-state index in [0.717, 1.165) is 24.6 Å². The summed E-state index contributed by atoms with van der Waals surface area (Å²) in [7, 11) is 0. The molecule has 1 aromatic carbocycles. The predicted molar refractivity (Wildman–Crippen MR) is 83.6 cm³/mol. The molecule has 3 nitrogen and oxygen atoms in total. The van der Waals surface area contributed by atoms with Crippen LogP contribution in [-0.4, -0.2) is 13.2 Å². The highest BCUT2D eigenvalue weighted by Crippen LogP contribution is 2.28. The van der Waals surface area contributed by atoms with Crippen LogP contribution in [0.5, 0.6) is 11.5 Å². The standard InChI is InChI=1S/C16H21NO2S.ClH/c1-3-18-15-8-7-13(10-16(15)19-4-2)11-17-12-14-6-5-9-20-14;/h5-10,17H,3-4,11-12H2,1-2H3;1H/p-1. The zero-order valence-corrected chi connectivity index (χ0v) is 14.0. The van der Waals surface area contributed by atoms with Crippen LogP contribution in [0.3, 0.4) is 0 Å². The Bertz CT molecular complexity index is 517. The van der Waals surface area contributed by atoms with Crippen LogP contribution in [0.4, 0.5) is 0 Å². The molecule has 0 saturated carbocycles. The van der Waals surface area contributed by atoms with Gasteiger partial charge in [-0.15, -0.1) is 11.3 Å². The van der Waals surface area contributed by atoms with Crippen molar-refractivity contribution in [1.82, 2.24) is 5.32 Å². The largest absolute Gasteiger partial charge is 1.00 e. The average molecular weight is 327 g/mol. The van der Waals surface area contributed by atoms with Gasteiger partial charge in [0.05, 0.1) is 13.2 Å². The first kappa shape index (κ1) is 17.8. The quantitative estimate of drug-likeness (QED) is 0.780. The Hall–Kier alpha value is -1.23. The molecule has 1 heterocycles.